The van der Waals surface area contributed by atoms with Crippen molar-refractivity contribution >= 4 is 24.2 Å². The molecule has 3 unspecified atom stereocenters. The molecule has 7 heteroatoms. The summed E-state index contributed by atoms with van der Waals surface area (Å²) in [5, 5.41) is 6.17. The van der Waals surface area contributed by atoms with Crippen LogP contribution in [0.1, 0.15) is 36.2 Å². The second-order valence-electron chi connectivity index (χ2n) is 7.07. The van der Waals surface area contributed by atoms with Crippen molar-refractivity contribution in [2.24, 2.45) is 5.92 Å². The third-order valence-electron chi connectivity index (χ3n) is 4.81. The summed E-state index contributed by atoms with van der Waals surface area (Å²) in [6.45, 7) is 7.38. The highest BCUT2D eigenvalue weighted by Gasteiger charge is 2.26. The van der Waals surface area contributed by atoms with Gasteiger partial charge < -0.3 is 20.3 Å². The molecule has 2 N–H and O–H groups in total. The minimum absolute atomic E-state index is 0. The summed E-state index contributed by atoms with van der Waals surface area (Å²) in [5.41, 5.74) is 1.68. The highest BCUT2D eigenvalue weighted by molar-refractivity contribution is 5.94. The summed E-state index contributed by atoms with van der Waals surface area (Å²) in [7, 11) is 0. The van der Waals surface area contributed by atoms with Gasteiger partial charge in [0.25, 0.3) is 5.91 Å². The number of halogens is 1. The predicted octanol–water partition coefficient (Wildman–Crippen LogP) is 1.58. The number of carbonyl (C=O) groups is 2. The minimum Gasteiger partial charge on any atom is -0.372 e. The quantitative estimate of drug-likeness (QED) is 0.830. The Balaban J connectivity index is 0.00000243. The van der Waals surface area contributed by atoms with Gasteiger partial charge in [-0.15, -0.1) is 12.4 Å². The summed E-state index contributed by atoms with van der Waals surface area (Å²) in [6, 6.07) is 7.50. The van der Waals surface area contributed by atoms with Gasteiger partial charge in [-0.2, -0.15) is 0 Å². The fourth-order valence-electron chi connectivity index (χ4n) is 3.50. The van der Waals surface area contributed by atoms with Gasteiger partial charge in [-0.05, 0) is 44.5 Å². The molecule has 2 amide bonds. The van der Waals surface area contributed by atoms with E-state index in [-0.39, 0.29) is 42.3 Å². The molecule has 1 aromatic rings. The zero-order chi connectivity index (χ0) is 17.8. The van der Waals surface area contributed by atoms with E-state index in [1.807, 2.05) is 43.0 Å². The SMILES string of the molecule is CC1CN(C(=O)c2ccc(CNC(=O)C3CCNC3)cc2)CC(C)O1.Cl. The molecule has 0 aliphatic carbocycles. The number of ether oxygens (including phenoxy) is 1. The van der Waals surface area contributed by atoms with Crippen LogP contribution >= 0.6 is 12.4 Å². The average molecular weight is 382 g/mol. The lowest BCUT2D eigenvalue weighted by atomic mass is 10.1. The van der Waals surface area contributed by atoms with Gasteiger partial charge in [0.05, 0.1) is 18.1 Å². The maximum absolute atomic E-state index is 12.6. The lowest BCUT2D eigenvalue weighted by Crippen LogP contribution is -2.48. The van der Waals surface area contributed by atoms with Gasteiger partial charge in [-0.25, -0.2) is 0 Å². The van der Waals surface area contributed by atoms with Gasteiger partial charge in [0.1, 0.15) is 0 Å². The first kappa shape index (κ1) is 20.7. The van der Waals surface area contributed by atoms with Gasteiger partial charge in [0, 0.05) is 31.7 Å². The summed E-state index contributed by atoms with van der Waals surface area (Å²) in [4.78, 5) is 26.5. The van der Waals surface area contributed by atoms with Crippen molar-refractivity contribution in [1.82, 2.24) is 15.5 Å². The predicted molar refractivity (Wildman–Crippen MR) is 102 cm³/mol. The van der Waals surface area contributed by atoms with Crippen molar-refractivity contribution in [3.63, 3.8) is 0 Å². The lowest BCUT2D eigenvalue weighted by molar-refractivity contribution is -0.124. The maximum atomic E-state index is 12.6. The molecule has 6 nitrogen and oxygen atoms in total. The summed E-state index contributed by atoms with van der Waals surface area (Å²) in [5.74, 6) is 0.210. The van der Waals surface area contributed by atoms with Crippen molar-refractivity contribution in [2.75, 3.05) is 26.2 Å². The molecule has 0 aromatic heterocycles. The molecular formula is C19H28ClN3O3. The molecule has 3 rings (SSSR count). The molecule has 1 aromatic carbocycles. The second kappa shape index (κ2) is 9.35. The van der Waals surface area contributed by atoms with Gasteiger partial charge in [0.15, 0.2) is 0 Å². The van der Waals surface area contributed by atoms with Crippen molar-refractivity contribution in [3.8, 4) is 0 Å². The highest BCUT2D eigenvalue weighted by Crippen LogP contribution is 2.15. The largest absolute Gasteiger partial charge is 0.372 e. The molecule has 2 aliphatic heterocycles. The van der Waals surface area contributed by atoms with Crippen LogP contribution in [0.2, 0.25) is 0 Å². The number of rotatable bonds is 4. The van der Waals surface area contributed by atoms with E-state index in [2.05, 4.69) is 10.6 Å². The lowest BCUT2D eigenvalue weighted by Gasteiger charge is -2.35. The fraction of sp³-hybridized carbons (Fsp3) is 0.579. The van der Waals surface area contributed by atoms with Crippen LogP contribution in [-0.4, -0.2) is 55.1 Å². The van der Waals surface area contributed by atoms with Gasteiger partial charge in [-0.3, -0.25) is 9.59 Å². The Hall–Kier alpha value is -1.63. The number of nitrogens with zero attached hydrogens (tertiary/aromatic N) is 1. The van der Waals surface area contributed by atoms with Crippen LogP contribution in [0.15, 0.2) is 24.3 Å². The number of morpholine rings is 1. The Morgan fingerprint density at radius 3 is 2.42 bits per heavy atom. The molecule has 26 heavy (non-hydrogen) atoms. The summed E-state index contributed by atoms with van der Waals surface area (Å²) < 4.78 is 5.68. The van der Waals surface area contributed by atoms with E-state index in [9.17, 15) is 9.59 Å². The molecule has 2 fully saturated rings. The van der Waals surface area contributed by atoms with E-state index in [0.29, 0.717) is 25.2 Å². The molecule has 2 aliphatic rings. The van der Waals surface area contributed by atoms with E-state index in [4.69, 9.17) is 4.74 Å². The first-order chi connectivity index (χ1) is 12.0. The van der Waals surface area contributed by atoms with Crippen LogP contribution < -0.4 is 10.6 Å². The second-order valence-corrected chi connectivity index (χ2v) is 7.07. The van der Waals surface area contributed by atoms with E-state index in [0.717, 1.165) is 25.1 Å². The zero-order valence-electron chi connectivity index (χ0n) is 15.4. The Morgan fingerprint density at radius 2 is 1.85 bits per heavy atom. The molecule has 0 saturated carbocycles. The van der Waals surface area contributed by atoms with E-state index in [1.54, 1.807) is 0 Å². The van der Waals surface area contributed by atoms with Crippen molar-refractivity contribution in [2.45, 2.75) is 39.0 Å². The van der Waals surface area contributed by atoms with Gasteiger partial charge in [0.2, 0.25) is 5.91 Å². The molecule has 0 bridgehead atoms. The summed E-state index contributed by atoms with van der Waals surface area (Å²) >= 11 is 0. The number of carbonyl (C=O) groups excluding carboxylic acids is 2. The third-order valence-corrected chi connectivity index (χ3v) is 4.81. The number of amides is 2. The molecule has 2 saturated heterocycles. The molecule has 144 valence electrons. The highest BCUT2D eigenvalue weighted by atomic mass is 35.5. The van der Waals surface area contributed by atoms with Crippen molar-refractivity contribution < 1.29 is 14.3 Å². The molecular weight excluding hydrogens is 354 g/mol. The minimum atomic E-state index is 0. The standard InChI is InChI=1S/C19H27N3O3.ClH/c1-13-11-22(12-14(2)25-13)19(24)16-5-3-15(4-6-16)9-21-18(23)17-7-8-20-10-17;/h3-6,13-14,17,20H,7-12H2,1-2H3,(H,21,23);1H. The Labute approximate surface area is 161 Å². The van der Waals surface area contributed by atoms with E-state index in [1.165, 1.54) is 0 Å². The van der Waals surface area contributed by atoms with Gasteiger partial charge >= 0.3 is 0 Å². The van der Waals surface area contributed by atoms with Crippen LogP contribution in [0.25, 0.3) is 0 Å². The number of hydrogen-bond acceptors (Lipinski definition) is 4. The fourth-order valence-corrected chi connectivity index (χ4v) is 3.50. The Kier molecular flexibility index (Phi) is 7.43. The normalized spacial score (nSPS) is 25.5. The zero-order valence-corrected chi connectivity index (χ0v) is 16.2. The van der Waals surface area contributed by atoms with Gasteiger partial charge in [-0.1, -0.05) is 12.1 Å². The van der Waals surface area contributed by atoms with Crippen molar-refractivity contribution in [1.29, 1.82) is 0 Å². The first-order valence-electron chi connectivity index (χ1n) is 9.05. The molecule has 0 spiro atoms. The maximum Gasteiger partial charge on any atom is 0.254 e. The Morgan fingerprint density at radius 1 is 1.19 bits per heavy atom. The van der Waals surface area contributed by atoms with Crippen LogP contribution in [0, 0.1) is 5.92 Å². The van der Waals surface area contributed by atoms with Crippen LogP contribution in [-0.2, 0) is 16.1 Å². The Bertz CT molecular complexity index is 607. The van der Waals surface area contributed by atoms with Crippen LogP contribution in [0.3, 0.4) is 0 Å². The first-order valence-corrected chi connectivity index (χ1v) is 9.05. The number of benzene rings is 1. The summed E-state index contributed by atoms with van der Waals surface area (Å²) in [6.07, 6.45) is 1.02. The average Bonchev–Trinajstić information content (AvgIpc) is 3.13. The molecule has 3 atom stereocenters. The van der Waals surface area contributed by atoms with E-state index < -0.39 is 0 Å². The van der Waals surface area contributed by atoms with E-state index >= 15 is 0 Å². The topological polar surface area (TPSA) is 70.7 Å². The smallest absolute Gasteiger partial charge is 0.254 e. The number of hydrogen-bond donors (Lipinski definition) is 2. The van der Waals surface area contributed by atoms with Crippen LogP contribution in [0.4, 0.5) is 0 Å². The third kappa shape index (κ3) is 5.19. The van der Waals surface area contributed by atoms with Crippen LogP contribution in [0.5, 0.6) is 0 Å². The molecule has 2 heterocycles. The number of nitrogens with one attached hydrogen (secondary N) is 2. The molecule has 0 radical (unpaired) electrons. The van der Waals surface area contributed by atoms with Crippen molar-refractivity contribution in [3.05, 3.63) is 35.4 Å². The monoisotopic (exact) mass is 381 g/mol.